The van der Waals surface area contributed by atoms with E-state index in [1.165, 1.54) is 40.7 Å². The number of hydrogen-bond acceptors (Lipinski definition) is 13. The van der Waals surface area contributed by atoms with E-state index in [2.05, 4.69) is 38.5 Å². The van der Waals surface area contributed by atoms with Crippen molar-refractivity contribution in [2.75, 3.05) is 26.2 Å². The van der Waals surface area contributed by atoms with E-state index in [-0.39, 0.29) is 26.0 Å². The first kappa shape index (κ1) is 53.6. The Morgan fingerprint density at radius 2 is 1.29 bits per heavy atom. The summed E-state index contributed by atoms with van der Waals surface area (Å²) in [6.07, 6.45) is -0.371. The number of aliphatic carboxylic acids is 2. The van der Waals surface area contributed by atoms with Crippen molar-refractivity contribution in [2.45, 2.75) is 123 Å². The zero-order valence-corrected chi connectivity index (χ0v) is 36.1. The maximum atomic E-state index is 14.4. The van der Waals surface area contributed by atoms with Crippen LogP contribution in [-0.4, -0.2) is 154 Å². The van der Waals surface area contributed by atoms with Crippen molar-refractivity contribution < 1.29 is 72.5 Å². The lowest BCUT2D eigenvalue weighted by Crippen LogP contribution is -2.62. The molecule has 0 spiro atoms. The number of nitrogens with zero attached hydrogens (tertiary/aromatic N) is 2. The van der Waals surface area contributed by atoms with Crippen LogP contribution in [0.3, 0.4) is 0 Å². The Labute approximate surface area is 358 Å². The molecule has 1 saturated heterocycles. The molecule has 1 aliphatic rings. The number of imide groups is 1. The van der Waals surface area contributed by atoms with Crippen molar-refractivity contribution in [3.05, 3.63) is 12.7 Å². The summed E-state index contributed by atoms with van der Waals surface area (Å²) in [6.45, 7) is 12.5. The van der Waals surface area contributed by atoms with Gasteiger partial charge in [-0.3, -0.25) is 52.7 Å². The zero-order chi connectivity index (χ0) is 47.4. The van der Waals surface area contributed by atoms with Crippen LogP contribution < -0.4 is 31.9 Å². The van der Waals surface area contributed by atoms with Crippen molar-refractivity contribution in [1.29, 1.82) is 0 Å². The molecule has 1 rings (SSSR count). The van der Waals surface area contributed by atoms with Crippen LogP contribution in [0.5, 0.6) is 0 Å². The van der Waals surface area contributed by atoms with Gasteiger partial charge in [0.2, 0.25) is 35.3 Å². The number of hydrogen-bond donors (Lipinski definition) is 8. The molecule has 0 aromatic heterocycles. The Balaban J connectivity index is 3.53. The monoisotopic (exact) mass is 880 g/mol. The predicted molar refractivity (Wildman–Crippen MR) is 216 cm³/mol. The highest BCUT2D eigenvalue weighted by Gasteiger charge is 2.49. The van der Waals surface area contributed by atoms with Crippen LogP contribution >= 0.6 is 0 Å². The molecule has 0 saturated carbocycles. The second-order valence-electron chi connectivity index (χ2n) is 15.0. The van der Waals surface area contributed by atoms with E-state index in [1.807, 2.05) is 0 Å². The second kappa shape index (κ2) is 26.0. The summed E-state index contributed by atoms with van der Waals surface area (Å²) in [5, 5.41) is 32.7. The SMILES string of the molecule is C=CCNC(=O)C(=O)C(CCC)NC(=O)C1CN(CC(=O)OCC)C(=O)N1C(=O)[C@@H](NC(=O)[C@@H](NC(=O)[C@H](CCC(=O)O)NC(=O)[C@H](CCC(=O)O)NC(C)=O)C(C)C)C(C)C. The fourth-order valence-electron chi connectivity index (χ4n) is 6.12. The van der Waals surface area contributed by atoms with E-state index in [1.54, 1.807) is 6.92 Å². The number of ketones is 1. The zero-order valence-electron chi connectivity index (χ0n) is 36.1. The third-order valence-corrected chi connectivity index (χ3v) is 9.29. The number of amides is 9. The lowest BCUT2D eigenvalue weighted by atomic mass is 9.98. The average Bonchev–Trinajstić information content (AvgIpc) is 3.51. The van der Waals surface area contributed by atoms with Crippen LogP contribution in [0, 0.1) is 11.8 Å². The smallest absolute Gasteiger partial charge is 0.328 e. The van der Waals surface area contributed by atoms with E-state index >= 15 is 0 Å². The van der Waals surface area contributed by atoms with Gasteiger partial charge in [0.25, 0.3) is 11.8 Å². The summed E-state index contributed by atoms with van der Waals surface area (Å²) < 4.78 is 4.95. The summed E-state index contributed by atoms with van der Waals surface area (Å²) in [4.78, 5) is 157. The molecule has 1 fully saturated rings. The molecule has 0 aliphatic carbocycles. The highest BCUT2D eigenvalue weighted by Crippen LogP contribution is 2.21. The molecule has 0 radical (unpaired) electrons. The number of rotatable bonds is 27. The van der Waals surface area contributed by atoms with Crippen LogP contribution in [0.25, 0.3) is 0 Å². The number of esters is 1. The quantitative estimate of drug-likeness (QED) is 0.0260. The Bertz CT molecular complexity index is 1720. The standard InChI is InChI=1S/C39H60N8O15/c1-9-12-23(32(54)37(59)40-17-10-2)42-35(57)26-18-46(19-29(53)62-11-3)39(61)47(26)38(60)31(21(6)7)45-36(58)30(20(4)5)44-34(56)25(14-16-28(51)52)43-33(55)24(41-22(8)48)13-15-27(49)50/h10,20-21,23-26,30-31H,2,9,11-19H2,1,3-8H3,(H,40,59)(H,41,48)(H,42,57)(H,43,55)(H,44,56)(H,45,58)(H,49,50)(H,51,52)/t23?,24-,25-,26?,30-,31-/m0/s1. The molecule has 9 amide bonds. The third-order valence-electron chi connectivity index (χ3n) is 9.29. The molecule has 23 heteroatoms. The van der Waals surface area contributed by atoms with Crippen LogP contribution in [0.4, 0.5) is 4.79 Å². The lowest BCUT2D eigenvalue weighted by molar-refractivity contribution is -0.144. The van der Waals surface area contributed by atoms with Crippen molar-refractivity contribution in [3.63, 3.8) is 0 Å². The molecule has 0 aromatic rings. The maximum Gasteiger partial charge on any atom is 0.328 e. The van der Waals surface area contributed by atoms with Crippen molar-refractivity contribution >= 4 is 71.1 Å². The second-order valence-corrected chi connectivity index (χ2v) is 15.0. The molecular weight excluding hydrogens is 820 g/mol. The van der Waals surface area contributed by atoms with Gasteiger partial charge in [-0.25, -0.2) is 9.69 Å². The van der Waals surface area contributed by atoms with Gasteiger partial charge in [-0.2, -0.15) is 0 Å². The van der Waals surface area contributed by atoms with E-state index in [0.717, 1.165) is 11.8 Å². The average molecular weight is 881 g/mol. The molecule has 23 nitrogen and oxygen atoms in total. The van der Waals surface area contributed by atoms with Gasteiger partial charge in [-0.15, -0.1) is 6.58 Å². The number of nitrogens with one attached hydrogen (secondary N) is 6. The van der Waals surface area contributed by atoms with Gasteiger partial charge < -0.3 is 51.8 Å². The predicted octanol–water partition coefficient (Wildman–Crippen LogP) is -1.66. The van der Waals surface area contributed by atoms with Crippen LogP contribution in [0.1, 0.15) is 87.0 Å². The summed E-state index contributed by atoms with van der Waals surface area (Å²) in [6, 6.07) is -10.2. The van der Waals surface area contributed by atoms with E-state index in [0.29, 0.717) is 11.3 Å². The molecule has 1 heterocycles. The van der Waals surface area contributed by atoms with E-state index in [9.17, 15) is 62.6 Å². The molecule has 0 aromatic carbocycles. The molecule has 62 heavy (non-hydrogen) atoms. The minimum absolute atomic E-state index is 0.00166. The molecule has 0 bridgehead atoms. The van der Waals surface area contributed by atoms with Crippen LogP contribution in [0.15, 0.2) is 12.7 Å². The number of carboxylic acids is 2. The highest BCUT2D eigenvalue weighted by atomic mass is 16.5. The summed E-state index contributed by atoms with van der Waals surface area (Å²) in [7, 11) is 0. The first-order chi connectivity index (χ1) is 29.0. The lowest BCUT2D eigenvalue weighted by Gasteiger charge is -2.31. The van der Waals surface area contributed by atoms with Gasteiger partial charge in [-0.05, 0) is 38.0 Å². The number of urea groups is 1. The molecular formula is C39H60N8O15. The number of ether oxygens (including phenoxy) is 1. The first-order valence-electron chi connectivity index (χ1n) is 20.1. The van der Waals surface area contributed by atoms with Gasteiger partial charge in [0.1, 0.15) is 36.8 Å². The molecule has 346 valence electrons. The van der Waals surface area contributed by atoms with Gasteiger partial charge in [-0.1, -0.05) is 47.1 Å². The summed E-state index contributed by atoms with van der Waals surface area (Å²) in [5.74, 6) is -12.9. The van der Waals surface area contributed by atoms with Gasteiger partial charge in [0.15, 0.2) is 0 Å². The first-order valence-corrected chi connectivity index (χ1v) is 20.1. The summed E-state index contributed by atoms with van der Waals surface area (Å²) >= 11 is 0. The Morgan fingerprint density at radius 3 is 1.77 bits per heavy atom. The van der Waals surface area contributed by atoms with Gasteiger partial charge >= 0.3 is 23.9 Å². The number of carboxylic acid groups (broad SMARTS) is 2. The van der Waals surface area contributed by atoms with Crippen LogP contribution in [-0.2, 0) is 57.5 Å². The minimum atomic E-state index is -1.68. The fourth-order valence-corrected chi connectivity index (χ4v) is 6.12. The van der Waals surface area contributed by atoms with Crippen molar-refractivity contribution in [3.8, 4) is 0 Å². The Morgan fingerprint density at radius 1 is 0.758 bits per heavy atom. The minimum Gasteiger partial charge on any atom is -0.481 e. The third kappa shape index (κ3) is 16.9. The molecule has 6 atom stereocenters. The van der Waals surface area contributed by atoms with Crippen LogP contribution in [0.2, 0.25) is 0 Å². The van der Waals surface area contributed by atoms with E-state index in [4.69, 9.17) is 9.84 Å². The normalized spacial score (nSPS) is 15.9. The Kier molecular flexibility index (Phi) is 22.5. The van der Waals surface area contributed by atoms with E-state index < -0.39 is 152 Å². The van der Waals surface area contributed by atoms with Crippen molar-refractivity contribution in [2.24, 2.45) is 11.8 Å². The van der Waals surface area contributed by atoms with Crippen molar-refractivity contribution in [1.82, 2.24) is 41.7 Å². The molecule has 8 N–H and O–H groups in total. The Hall–Kier alpha value is -6.42. The topological polar surface area (TPSA) is 333 Å². The molecule has 1 aliphatic heterocycles. The largest absolute Gasteiger partial charge is 0.481 e. The number of carbonyl (C=O) groups excluding carboxylic acids is 10. The number of carbonyl (C=O) groups is 12. The van der Waals surface area contributed by atoms with Gasteiger partial charge in [0, 0.05) is 26.3 Å². The van der Waals surface area contributed by atoms with Gasteiger partial charge in [0.05, 0.1) is 19.2 Å². The number of Topliss-reactive ketones (excluding diaryl/α,β-unsaturated/α-hetero) is 1. The maximum absolute atomic E-state index is 14.4. The molecule has 2 unspecified atom stereocenters. The fraction of sp³-hybridized carbons (Fsp3) is 0.641. The summed E-state index contributed by atoms with van der Waals surface area (Å²) in [5.41, 5.74) is 0. The highest BCUT2D eigenvalue weighted by molar-refractivity contribution is 6.38.